The first kappa shape index (κ1) is 27.4. The number of alkyl halides is 3. The van der Waals surface area contributed by atoms with Gasteiger partial charge in [0, 0.05) is 17.5 Å². The van der Waals surface area contributed by atoms with E-state index in [-0.39, 0.29) is 32.6 Å². The molecule has 3 rings (SSSR count). The lowest BCUT2D eigenvalue weighted by atomic mass is 9.98. The van der Waals surface area contributed by atoms with Crippen LogP contribution in [-0.2, 0) is 16.0 Å². The van der Waals surface area contributed by atoms with Gasteiger partial charge in [0.15, 0.2) is 9.84 Å². The molecule has 190 valence electrons. The molecular weight excluding hydrogens is 513 g/mol. The number of halogens is 4. The summed E-state index contributed by atoms with van der Waals surface area (Å²) in [7, 11) is -3.42. The fourth-order valence-electron chi connectivity index (χ4n) is 3.26. The molecule has 0 bridgehead atoms. The number of aliphatic imine (C=N–C) groups is 1. The van der Waals surface area contributed by atoms with Crippen LogP contribution in [0.2, 0.25) is 5.02 Å². The topological polar surface area (TPSA) is 92.8 Å². The van der Waals surface area contributed by atoms with E-state index in [4.69, 9.17) is 17.3 Å². The maximum absolute atomic E-state index is 13.7. The van der Waals surface area contributed by atoms with Crippen LogP contribution in [0.15, 0.2) is 88.4 Å². The number of aliphatic hydroxyl groups is 1. The predicted octanol–water partition coefficient (Wildman–Crippen LogP) is 6.16. The highest BCUT2D eigenvalue weighted by molar-refractivity contribution is 7.90. The number of rotatable bonds is 6. The Morgan fingerprint density at radius 1 is 1.00 bits per heavy atom. The predicted molar refractivity (Wildman–Crippen MR) is 136 cm³/mol. The maximum Gasteiger partial charge on any atom is 0.417 e. The molecule has 0 amide bonds. The Labute approximate surface area is 212 Å². The van der Waals surface area contributed by atoms with E-state index >= 15 is 0 Å². The lowest BCUT2D eigenvalue weighted by molar-refractivity contribution is -0.137. The minimum absolute atomic E-state index is 0.0939. The van der Waals surface area contributed by atoms with Gasteiger partial charge < -0.3 is 10.8 Å². The van der Waals surface area contributed by atoms with Crippen molar-refractivity contribution < 1.29 is 26.7 Å². The summed E-state index contributed by atoms with van der Waals surface area (Å²) in [5.41, 5.74) is 4.39. The molecule has 10 heteroatoms. The number of allylic oxidation sites excluding steroid dienone is 1. The normalized spacial score (nSPS) is 13.7. The van der Waals surface area contributed by atoms with Crippen molar-refractivity contribution >= 4 is 32.8 Å². The van der Waals surface area contributed by atoms with E-state index in [1.54, 1.807) is 18.2 Å². The van der Waals surface area contributed by atoms with Crippen LogP contribution >= 0.6 is 11.6 Å². The molecule has 0 radical (unpaired) electrons. The van der Waals surface area contributed by atoms with E-state index in [1.165, 1.54) is 62.4 Å². The van der Waals surface area contributed by atoms with Gasteiger partial charge >= 0.3 is 6.18 Å². The fourth-order valence-corrected chi connectivity index (χ4v) is 4.15. The van der Waals surface area contributed by atoms with E-state index < -0.39 is 27.2 Å². The highest BCUT2D eigenvalue weighted by atomic mass is 35.5. The van der Waals surface area contributed by atoms with Crippen molar-refractivity contribution in [3.8, 4) is 11.1 Å². The number of benzene rings is 3. The van der Waals surface area contributed by atoms with E-state index in [2.05, 4.69) is 4.99 Å². The van der Waals surface area contributed by atoms with Crippen LogP contribution in [0.5, 0.6) is 0 Å². The molecule has 3 N–H and O–H groups in total. The molecule has 3 aromatic rings. The first-order valence-corrected chi connectivity index (χ1v) is 12.9. The minimum atomic E-state index is -4.66. The molecule has 0 aliphatic rings. The third-order valence-corrected chi connectivity index (χ3v) is 6.70. The Morgan fingerprint density at radius 3 is 2.22 bits per heavy atom. The maximum atomic E-state index is 13.7. The minimum Gasteiger partial charge on any atom is -0.400 e. The number of hydrogen-bond donors (Lipinski definition) is 2. The van der Waals surface area contributed by atoms with Crippen LogP contribution < -0.4 is 5.73 Å². The average molecular weight is 537 g/mol. The number of hydrogen-bond acceptors (Lipinski definition) is 5. The van der Waals surface area contributed by atoms with Crippen molar-refractivity contribution in [1.29, 1.82) is 0 Å². The third kappa shape index (κ3) is 6.54. The van der Waals surface area contributed by atoms with E-state index in [0.717, 1.165) is 12.3 Å². The molecule has 0 saturated heterocycles. The summed E-state index contributed by atoms with van der Waals surface area (Å²) in [6.07, 6.45) is -2.37. The second-order valence-electron chi connectivity index (χ2n) is 8.67. The smallest absolute Gasteiger partial charge is 0.400 e. The van der Waals surface area contributed by atoms with Crippen LogP contribution in [0.25, 0.3) is 11.1 Å². The SMILES string of the molecule is CC(C)(O)/C(N)=C/C(=Nc1ccc(-c2cccc(S(C)(=O)=O)c2)cc1Cl)c1ccccc1C(F)(F)F. The summed E-state index contributed by atoms with van der Waals surface area (Å²) in [5.74, 6) is 0. The summed E-state index contributed by atoms with van der Waals surface area (Å²) >= 11 is 6.45. The summed E-state index contributed by atoms with van der Waals surface area (Å²) < 4.78 is 65.0. The van der Waals surface area contributed by atoms with Crippen molar-refractivity contribution in [1.82, 2.24) is 0 Å². The highest BCUT2D eigenvalue weighted by Crippen LogP contribution is 2.35. The quantitative estimate of drug-likeness (QED) is 0.369. The van der Waals surface area contributed by atoms with Crippen LogP contribution in [0.1, 0.15) is 25.0 Å². The molecule has 0 heterocycles. The molecule has 0 saturated carbocycles. The molecule has 0 aliphatic heterocycles. The van der Waals surface area contributed by atoms with E-state index in [1.807, 2.05) is 0 Å². The Kier molecular flexibility index (Phi) is 7.69. The van der Waals surface area contributed by atoms with Gasteiger partial charge in [0.25, 0.3) is 0 Å². The van der Waals surface area contributed by atoms with Gasteiger partial charge in [0.1, 0.15) is 0 Å². The lowest BCUT2D eigenvalue weighted by Crippen LogP contribution is -2.28. The monoisotopic (exact) mass is 536 g/mol. The average Bonchev–Trinajstić information content (AvgIpc) is 2.78. The number of sulfone groups is 1. The van der Waals surface area contributed by atoms with Crippen LogP contribution in [0.4, 0.5) is 18.9 Å². The highest BCUT2D eigenvalue weighted by Gasteiger charge is 2.34. The molecular formula is C26H24ClF3N2O3S. The van der Waals surface area contributed by atoms with Crippen LogP contribution in [0, 0.1) is 0 Å². The second-order valence-corrected chi connectivity index (χ2v) is 11.1. The first-order valence-electron chi connectivity index (χ1n) is 10.6. The fraction of sp³-hybridized carbons (Fsp3) is 0.192. The second kappa shape index (κ2) is 10.1. The molecule has 0 atom stereocenters. The lowest BCUT2D eigenvalue weighted by Gasteiger charge is -2.19. The van der Waals surface area contributed by atoms with Gasteiger partial charge in [-0.1, -0.05) is 48.0 Å². The van der Waals surface area contributed by atoms with Gasteiger partial charge in [-0.2, -0.15) is 13.2 Å². The zero-order valence-corrected chi connectivity index (χ0v) is 21.2. The zero-order chi connectivity index (χ0) is 26.9. The van der Waals surface area contributed by atoms with Crippen LogP contribution in [0.3, 0.4) is 0 Å². The van der Waals surface area contributed by atoms with Crippen molar-refractivity contribution in [3.63, 3.8) is 0 Å². The Morgan fingerprint density at radius 2 is 1.64 bits per heavy atom. The summed E-state index contributed by atoms with van der Waals surface area (Å²) in [4.78, 5) is 4.50. The van der Waals surface area contributed by atoms with Crippen molar-refractivity contribution in [2.75, 3.05) is 6.26 Å². The molecule has 0 aromatic heterocycles. The number of nitrogens with zero attached hydrogens (tertiary/aromatic N) is 1. The van der Waals surface area contributed by atoms with Crippen molar-refractivity contribution in [2.45, 2.75) is 30.5 Å². The Bertz CT molecular complexity index is 1460. The first-order chi connectivity index (χ1) is 16.6. The molecule has 5 nitrogen and oxygen atoms in total. The Hall–Kier alpha value is -3.14. The largest absolute Gasteiger partial charge is 0.417 e. The van der Waals surface area contributed by atoms with E-state index in [9.17, 15) is 26.7 Å². The van der Waals surface area contributed by atoms with Gasteiger partial charge in [-0.05, 0) is 61.4 Å². The molecule has 0 unspecified atom stereocenters. The number of nitrogens with two attached hydrogens (primary N) is 1. The molecule has 0 aliphatic carbocycles. The van der Waals surface area contributed by atoms with Gasteiger partial charge in [-0.3, -0.25) is 0 Å². The van der Waals surface area contributed by atoms with Gasteiger partial charge in [-0.15, -0.1) is 0 Å². The van der Waals surface area contributed by atoms with Gasteiger partial charge in [0.2, 0.25) is 0 Å². The summed E-state index contributed by atoms with van der Waals surface area (Å²) in [5, 5.41) is 10.4. The van der Waals surface area contributed by atoms with Crippen molar-refractivity contribution in [3.05, 3.63) is 94.7 Å². The zero-order valence-electron chi connectivity index (χ0n) is 19.6. The van der Waals surface area contributed by atoms with E-state index in [0.29, 0.717) is 11.1 Å². The van der Waals surface area contributed by atoms with Crippen molar-refractivity contribution in [2.24, 2.45) is 10.7 Å². The third-order valence-electron chi connectivity index (χ3n) is 5.29. The van der Waals surface area contributed by atoms with Gasteiger partial charge in [-0.25, -0.2) is 13.4 Å². The molecule has 3 aromatic carbocycles. The van der Waals surface area contributed by atoms with Gasteiger partial charge in [0.05, 0.1) is 32.5 Å². The summed E-state index contributed by atoms with van der Waals surface area (Å²) in [6.45, 7) is 2.80. The summed E-state index contributed by atoms with van der Waals surface area (Å²) in [6, 6.07) is 15.9. The Balaban J connectivity index is 2.17. The molecule has 0 spiro atoms. The standard InChI is InChI=1S/C26H24ClF3N2O3S/c1-25(2,33)24(31)15-23(19-9-4-5-10-20(19)26(28,29)30)32-22-12-11-17(14-21(22)27)16-7-6-8-18(13-16)36(3,34)35/h4-15,33H,31H2,1-3H3/b24-15-,32-23?. The van der Waals surface area contributed by atoms with Crippen LogP contribution in [-0.4, -0.2) is 31.1 Å². The molecule has 0 fully saturated rings. The molecule has 36 heavy (non-hydrogen) atoms.